The van der Waals surface area contributed by atoms with Gasteiger partial charge in [-0.25, -0.2) is 9.59 Å². The molecule has 0 atom stereocenters. The van der Waals surface area contributed by atoms with Crippen LogP contribution in [0.2, 0.25) is 0 Å². The number of unbranched alkanes of at least 4 members (excludes halogenated alkanes) is 2. The van der Waals surface area contributed by atoms with Gasteiger partial charge in [-0.1, -0.05) is 52.0 Å². The lowest BCUT2D eigenvalue weighted by Crippen LogP contribution is -2.43. The summed E-state index contributed by atoms with van der Waals surface area (Å²) < 4.78 is 26.9. The second-order valence-electron chi connectivity index (χ2n) is 11.6. The highest BCUT2D eigenvalue weighted by Crippen LogP contribution is 2.33. The highest BCUT2D eigenvalue weighted by molar-refractivity contribution is 5.97. The smallest absolute Gasteiger partial charge is 0.334 e. The Morgan fingerprint density at radius 3 is 1.55 bits per heavy atom. The Balaban J connectivity index is 3.17. The van der Waals surface area contributed by atoms with Gasteiger partial charge in [0.05, 0.1) is 30.5 Å². The van der Waals surface area contributed by atoms with Crippen LogP contribution in [0.3, 0.4) is 0 Å². The van der Waals surface area contributed by atoms with Crippen molar-refractivity contribution in [3.8, 4) is 5.75 Å². The van der Waals surface area contributed by atoms with Crippen LogP contribution in [-0.4, -0.2) is 57.9 Å². The fraction of sp³-hybridized carbons (Fsp3) is 0.576. The van der Waals surface area contributed by atoms with Crippen molar-refractivity contribution < 1.29 is 42.9 Å². The van der Waals surface area contributed by atoms with Gasteiger partial charge in [0.25, 0.3) is 0 Å². The maximum Gasteiger partial charge on any atom is 0.334 e. The Morgan fingerprint density at radius 1 is 0.714 bits per heavy atom. The fourth-order valence-corrected chi connectivity index (χ4v) is 3.80. The summed E-state index contributed by atoms with van der Waals surface area (Å²) in [7, 11) is 2.41. The normalized spacial score (nSPS) is 11.7. The summed E-state index contributed by atoms with van der Waals surface area (Å²) in [5, 5.41) is 0. The lowest BCUT2D eigenvalue weighted by atomic mass is 9.84. The third-order valence-electron chi connectivity index (χ3n) is 7.70. The zero-order valence-corrected chi connectivity index (χ0v) is 26.6. The first-order valence-electron chi connectivity index (χ1n) is 14.2. The van der Waals surface area contributed by atoms with E-state index in [1.165, 1.54) is 53.9 Å². The van der Waals surface area contributed by atoms with Gasteiger partial charge in [0.15, 0.2) is 0 Å². The first kappa shape index (κ1) is 36.4. The minimum Gasteiger partial charge on any atom is -0.493 e. The summed E-state index contributed by atoms with van der Waals surface area (Å²) >= 11 is 0. The number of rotatable bonds is 18. The van der Waals surface area contributed by atoms with Gasteiger partial charge in [-0.15, -0.1) is 0 Å². The Bertz CT molecular complexity index is 1060. The second kappa shape index (κ2) is 16.1. The van der Waals surface area contributed by atoms with Crippen LogP contribution >= 0.6 is 0 Å². The molecule has 9 heteroatoms. The molecule has 0 N–H and O–H groups in total. The number of esters is 4. The van der Waals surface area contributed by atoms with Crippen LogP contribution in [0.1, 0.15) is 72.8 Å². The number of methoxy groups -OCH3 is 2. The van der Waals surface area contributed by atoms with E-state index in [0.29, 0.717) is 12.2 Å². The molecule has 9 nitrogen and oxygen atoms in total. The molecule has 0 saturated carbocycles. The fourth-order valence-electron chi connectivity index (χ4n) is 3.80. The molecule has 0 aliphatic heterocycles. The molecule has 0 heterocycles. The van der Waals surface area contributed by atoms with E-state index < -0.39 is 40.1 Å². The molecule has 0 spiro atoms. The van der Waals surface area contributed by atoms with Crippen molar-refractivity contribution in [2.45, 2.75) is 73.6 Å². The zero-order chi connectivity index (χ0) is 32.1. The molecule has 0 aromatic heterocycles. The van der Waals surface area contributed by atoms with E-state index in [9.17, 15) is 19.2 Å². The molecule has 0 amide bonds. The Hall–Kier alpha value is -3.62. The Labute approximate surface area is 250 Å². The van der Waals surface area contributed by atoms with Crippen LogP contribution in [0.25, 0.3) is 0 Å². The molecule has 0 radical (unpaired) electrons. The molecule has 0 unspecified atom stereocenters. The van der Waals surface area contributed by atoms with E-state index in [1.54, 1.807) is 0 Å². The molecule has 0 bridgehead atoms. The number of benzene rings is 1. The van der Waals surface area contributed by atoms with Crippen LogP contribution in [0.4, 0.5) is 0 Å². The molecule has 1 aromatic rings. The van der Waals surface area contributed by atoms with Gasteiger partial charge < -0.3 is 23.7 Å². The van der Waals surface area contributed by atoms with Crippen LogP contribution < -0.4 is 4.74 Å². The van der Waals surface area contributed by atoms with Crippen molar-refractivity contribution in [2.24, 2.45) is 16.2 Å². The SMILES string of the molecule is C=C(C(=O)OC)C(C)(C)C(=O)OCC(CC)(COC(=O)C(C)(C)C(=C)C(=O)OC)COc1ccc(CCCCC)cc1. The van der Waals surface area contributed by atoms with Gasteiger partial charge in [-0.05, 0) is 64.7 Å². The summed E-state index contributed by atoms with van der Waals surface area (Å²) in [6.07, 6.45) is 4.82. The number of carbonyl (C=O) groups excluding carboxylic acids is 4. The molecule has 1 aromatic carbocycles. The maximum atomic E-state index is 13.1. The summed E-state index contributed by atoms with van der Waals surface area (Å²) in [6.45, 7) is 17.2. The summed E-state index contributed by atoms with van der Waals surface area (Å²) in [5.74, 6) is -2.22. The molecular formula is C33H48O9. The van der Waals surface area contributed by atoms with E-state index in [2.05, 4.69) is 20.1 Å². The first-order chi connectivity index (χ1) is 19.6. The molecular weight excluding hydrogens is 540 g/mol. The number of carbonyl (C=O) groups is 4. The van der Waals surface area contributed by atoms with E-state index in [4.69, 9.17) is 23.7 Å². The molecule has 234 valence electrons. The summed E-state index contributed by atoms with van der Waals surface area (Å²) in [6, 6.07) is 7.79. The standard InChI is InChI=1S/C33H48O9/c1-11-13-14-15-25-16-18-26(19-17-25)40-20-33(12-2,21-41-29(36)31(5,6)23(3)27(34)38-9)22-42-30(37)32(7,8)24(4)28(35)39-10/h16-19H,3-4,11-15,20-22H2,1-2,5-10H3. The van der Waals surface area contributed by atoms with Gasteiger partial charge in [0, 0.05) is 11.1 Å². The topological polar surface area (TPSA) is 114 Å². The van der Waals surface area contributed by atoms with Crippen molar-refractivity contribution in [2.75, 3.05) is 34.0 Å². The van der Waals surface area contributed by atoms with E-state index in [1.807, 2.05) is 31.2 Å². The van der Waals surface area contributed by atoms with Crippen LogP contribution in [0.5, 0.6) is 5.75 Å². The average molecular weight is 589 g/mol. The predicted molar refractivity (Wildman–Crippen MR) is 160 cm³/mol. The first-order valence-corrected chi connectivity index (χ1v) is 14.2. The zero-order valence-electron chi connectivity index (χ0n) is 26.6. The van der Waals surface area contributed by atoms with Crippen LogP contribution in [-0.2, 0) is 44.5 Å². The second-order valence-corrected chi connectivity index (χ2v) is 11.6. The largest absolute Gasteiger partial charge is 0.493 e. The van der Waals surface area contributed by atoms with Crippen molar-refractivity contribution in [1.82, 2.24) is 0 Å². The molecule has 0 aliphatic carbocycles. The quantitative estimate of drug-likeness (QED) is 0.0909. The molecule has 0 aliphatic rings. The van der Waals surface area contributed by atoms with E-state index in [-0.39, 0.29) is 31.0 Å². The minimum absolute atomic E-state index is 0.0516. The average Bonchev–Trinajstić information content (AvgIpc) is 2.99. The number of hydrogen-bond acceptors (Lipinski definition) is 9. The van der Waals surface area contributed by atoms with Gasteiger partial charge in [0.2, 0.25) is 0 Å². The lowest BCUT2D eigenvalue weighted by Gasteiger charge is -2.34. The third kappa shape index (κ3) is 9.74. The number of aryl methyl sites for hydroxylation is 1. The third-order valence-corrected chi connectivity index (χ3v) is 7.70. The van der Waals surface area contributed by atoms with Gasteiger partial charge >= 0.3 is 23.9 Å². The van der Waals surface area contributed by atoms with E-state index >= 15 is 0 Å². The van der Waals surface area contributed by atoms with Crippen LogP contribution in [0.15, 0.2) is 48.6 Å². The molecule has 42 heavy (non-hydrogen) atoms. The summed E-state index contributed by atoms with van der Waals surface area (Å²) in [5.41, 5.74) is -2.59. The van der Waals surface area contributed by atoms with Crippen molar-refractivity contribution in [3.05, 3.63) is 54.1 Å². The van der Waals surface area contributed by atoms with E-state index in [0.717, 1.165) is 19.3 Å². The highest BCUT2D eigenvalue weighted by Gasteiger charge is 2.42. The number of hydrogen-bond donors (Lipinski definition) is 0. The molecule has 0 saturated heterocycles. The van der Waals surface area contributed by atoms with Crippen LogP contribution in [0, 0.1) is 16.2 Å². The molecule has 1 rings (SSSR count). The number of ether oxygens (including phenoxy) is 5. The monoisotopic (exact) mass is 588 g/mol. The van der Waals surface area contributed by atoms with Crippen molar-refractivity contribution in [3.63, 3.8) is 0 Å². The van der Waals surface area contributed by atoms with Crippen molar-refractivity contribution >= 4 is 23.9 Å². The summed E-state index contributed by atoms with van der Waals surface area (Å²) in [4.78, 5) is 50.3. The van der Waals surface area contributed by atoms with Gasteiger partial charge in [-0.3, -0.25) is 9.59 Å². The minimum atomic E-state index is -1.36. The Morgan fingerprint density at radius 2 is 1.17 bits per heavy atom. The van der Waals surface area contributed by atoms with Crippen molar-refractivity contribution in [1.29, 1.82) is 0 Å². The van der Waals surface area contributed by atoms with Gasteiger partial charge in [0.1, 0.15) is 25.6 Å². The highest BCUT2D eigenvalue weighted by atomic mass is 16.6. The molecule has 0 fully saturated rings. The Kier molecular flexibility index (Phi) is 14.0. The maximum absolute atomic E-state index is 13.1. The lowest BCUT2D eigenvalue weighted by molar-refractivity contribution is -0.166. The predicted octanol–water partition coefficient (Wildman–Crippen LogP) is 5.79. The van der Waals surface area contributed by atoms with Gasteiger partial charge in [-0.2, -0.15) is 0 Å².